The molecule has 1 saturated heterocycles. The summed E-state index contributed by atoms with van der Waals surface area (Å²) in [7, 11) is 2.04. The summed E-state index contributed by atoms with van der Waals surface area (Å²) in [5, 5.41) is 12.8. The van der Waals surface area contributed by atoms with Crippen molar-refractivity contribution >= 4 is 23.4 Å². The zero-order chi connectivity index (χ0) is 22.6. The number of hydrogen-bond donors (Lipinski definition) is 1. The van der Waals surface area contributed by atoms with E-state index in [1.165, 1.54) is 5.56 Å². The SMILES string of the molecule is Cn1c(SCc2ccccc2)nnc1[C@H]1CCCN(CC(=O)Nc2ccc3c(c2)OCO3)C1. The molecule has 2 aliphatic heterocycles. The second-order valence-electron chi connectivity index (χ2n) is 8.36. The van der Waals surface area contributed by atoms with Gasteiger partial charge in [-0.25, -0.2) is 0 Å². The molecule has 1 aromatic heterocycles. The van der Waals surface area contributed by atoms with Gasteiger partial charge < -0.3 is 19.4 Å². The molecule has 2 aromatic carbocycles. The van der Waals surface area contributed by atoms with Crippen LogP contribution in [-0.4, -0.2) is 52.0 Å². The first kappa shape index (κ1) is 21.8. The maximum absolute atomic E-state index is 12.7. The van der Waals surface area contributed by atoms with Crippen molar-refractivity contribution in [2.45, 2.75) is 29.7 Å². The number of likely N-dealkylation sites (tertiary alicyclic amines) is 1. The van der Waals surface area contributed by atoms with Crippen molar-refractivity contribution in [3.8, 4) is 11.5 Å². The monoisotopic (exact) mass is 465 g/mol. The standard InChI is InChI=1S/C24H27N5O3S/c1-28-23(26-27-24(28)33-15-17-6-3-2-4-7-17)18-8-5-11-29(13-18)14-22(30)25-19-9-10-20-21(12-19)32-16-31-20/h2-4,6-7,9-10,12,18H,5,8,11,13-16H2,1H3,(H,25,30)/t18-/m0/s1. The second-order valence-corrected chi connectivity index (χ2v) is 9.31. The van der Waals surface area contributed by atoms with E-state index < -0.39 is 0 Å². The first-order valence-corrected chi connectivity index (χ1v) is 12.1. The number of thioether (sulfide) groups is 1. The molecule has 2 aliphatic rings. The molecule has 0 spiro atoms. The van der Waals surface area contributed by atoms with Crippen LogP contribution in [0.25, 0.3) is 0 Å². The quantitative estimate of drug-likeness (QED) is 0.534. The Morgan fingerprint density at radius 2 is 2.00 bits per heavy atom. The van der Waals surface area contributed by atoms with E-state index in [9.17, 15) is 4.79 Å². The fourth-order valence-electron chi connectivity index (χ4n) is 4.32. The zero-order valence-corrected chi connectivity index (χ0v) is 19.4. The van der Waals surface area contributed by atoms with Crippen molar-refractivity contribution in [3.63, 3.8) is 0 Å². The lowest BCUT2D eigenvalue weighted by molar-refractivity contribution is -0.117. The van der Waals surface area contributed by atoms with E-state index in [1.807, 2.05) is 25.2 Å². The van der Waals surface area contributed by atoms with Crippen LogP contribution in [-0.2, 0) is 17.6 Å². The maximum Gasteiger partial charge on any atom is 0.238 e. The largest absolute Gasteiger partial charge is 0.454 e. The van der Waals surface area contributed by atoms with Crippen LogP contribution in [0.3, 0.4) is 0 Å². The Labute approximate surface area is 197 Å². The molecular formula is C24H27N5O3S. The molecule has 0 aliphatic carbocycles. The maximum atomic E-state index is 12.7. The highest BCUT2D eigenvalue weighted by molar-refractivity contribution is 7.98. The average molecular weight is 466 g/mol. The van der Waals surface area contributed by atoms with Gasteiger partial charge in [0.2, 0.25) is 12.7 Å². The van der Waals surface area contributed by atoms with E-state index in [4.69, 9.17) is 9.47 Å². The number of anilines is 1. The summed E-state index contributed by atoms with van der Waals surface area (Å²) in [6.07, 6.45) is 2.08. The van der Waals surface area contributed by atoms with Crippen molar-refractivity contribution in [1.29, 1.82) is 0 Å². The van der Waals surface area contributed by atoms with Crippen LogP contribution in [0.2, 0.25) is 0 Å². The third-order valence-electron chi connectivity index (χ3n) is 5.97. The van der Waals surface area contributed by atoms with Crippen molar-refractivity contribution < 1.29 is 14.3 Å². The van der Waals surface area contributed by atoms with Crippen LogP contribution in [0.4, 0.5) is 5.69 Å². The predicted molar refractivity (Wildman–Crippen MR) is 127 cm³/mol. The summed E-state index contributed by atoms with van der Waals surface area (Å²) in [6, 6.07) is 15.8. The topological polar surface area (TPSA) is 81.5 Å². The summed E-state index contributed by atoms with van der Waals surface area (Å²) in [5.74, 6) is 3.45. The van der Waals surface area contributed by atoms with Gasteiger partial charge in [0.05, 0.1) is 6.54 Å². The first-order chi connectivity index (χ1) is 16.2. The van der Waals surface area contributed by atoms with Crippen molar-refractivity contribution in [2.24, 2.45) is 7.05 Å². The van der Waals surface area contributed by atoms with Crippen LogP contribution in [0, 0.1) is 0 Å². The van der Waals surface area contributed by atoms with E-state index >= 15 is 0 Å². The molecule has 1 N–H and O–H groups in total. The predicted octanol–water partition coefficient (Wildman–Crippen LogP) is 3.65. The lowest BCUT2D eigenvalue weighted by Gasteiger charge is -2.31. The second kappa shape index (κ2) is 9.84. The van der Waals surface area contributed by atoms with Gasteiger partial charge in [0.25, 0.3) is 0 Å². The van der Waals surface area contributed by atoms with E-state index in [1.54, 1.807) is 17.8 Å². The van der Waals surface area contributed by atoms with Gasteiger partial charge in [-0.2, -0.15) is 0 Å². The molecule has 3 aromatic rings. The highest BCUT2D eigenvalue weighted by Gasteiger charge is 2.27. The minimum Gasteiger partial charge on any atom is -0.454 e. The van der Waals surface area contributed by atoms with E-state index in [2.05, 4.69) is 49.2 Å². The van der Waals surface area contributed by atoms with E-state index in [-0.39, 0.29) is 18.6 Å². The lowest BCUT2D eigenvalue weighted by Crippen LogP contribution is -2.40. The fraction of sp³-hybridized carbons (Fsp3) is 0.375. The lowest BCUT2D eigenvalue weighted by atomic mass is 9.97. The van der Waals surface area contributed by atoms with E-state index in [0.717, 1.165) is 42.7 Å². The zero-order valence-electron chi connectivity index (χ0n) is 18.6. The average Bonchev–Trinajstić information content (AvgIpc) is 3.44. The fourth-order valence-corrected chi connectivity index (χ4v) is 5.19. The summed E-state index contributed by atoms with van der Waals surface area (Å²) in [4.78, 5) is 14.9. The number of amides is 1. The highest BCUT2D eigenvalue weighted by atomic mass is 32.2. The van der Waals surface area contributed by atoms with Crippen molar-refractivity contribution in [2.75, 3.05) is 31.7 Å². The van der Waals surface area contributed by atoms with Gasteiger partial charge in [0, 0.05) is 37.0 Å². The van der Waals surface area contributed by atoms with Gasteiger partial charge in [-0.05, 0) is 37.1 Å². The molecule has 9 heteroatoms. The number of nitrogens with one attached hydrogen (secondary N) is 1. The van der Waals surface area contributed by atoms with Gasteiger partial charge in [-0.1, -0.05) is 42.1 Å². The molecular weight excluding hydrogens is 438 g/mol. The molecule has 0 saturated carbocycles. The molecule has 3 heterocycles. The Bertz CT molecular complexity index is 1120. The van der Waals surface area contributed by atoms with Gasteiger partial charge >= 0.3 is 0 Å². The summed E-state index contributed by atoms with van der Waals surface area (Å²) in [6.45, 7) is 2.26. The van der Waals surface area contributed by atoms with Gasteiger partial charge in [0.15, 0.2) is 16.7 Å². The van der Waals surface area contributed by atoms with Crippen LogP contribution in [0.5, 0.6) is 11.5 Å². The number of fused-ring (bicyclic) bond motifs is 1. The van der Waals surface area contributed by atoms with Gasteiger partial charge in [0.1, 0.15) is 5.82 Å². The highest BCUT2D eigenvalue weighted by Crippen LogP contribution is 2.34. The number of rotatable bonds is 7. The van der Waals surface area contributed by atoms with Crippen LogP contribution in [0.1, 0.15) is 30.1 Å². The van der Waals surface area contributed by atoms with Crippen LogP contribution in [0.15, 0.2) is 53.7 Å². The van der Waals surface area contributed by atoms with Crippen LogP contribution < -0.4 is 14.8 Å². The first-order valence-electron chi connectivity index (χ1n) is 11.1. The number of hydrogen-bond acceptors (Lipinski definition) is 7. The van der Waals surface area contributed by atoms with Gasteiger partial charge in [-0.15, -0.1) is 10.2 Å². The molecule has 1 fully saturated rings. The third kappa shape index (κ3) is 5.15. The van der Waals surface area contributed by atoms with Crippen LogP contribution >= 0.6 is 11.8 Å². The third-order valence-corrected chi connectivity index (χ3v) is 7.06. The minimum atomic E-state index is -0.0356. The number of carbonyl (C=O) groups excluding carboxylic acids is 1. The molecule has 0 radical (unpaired) electrons. The number of nitrogens with zero attached hydrogens (tertiary/aromatic N) is 4. The van der Waals surface area contributed by atoms with Crippen molar-refractivity contribution in [1.82, 2.24) is 19.7 Å². The molecule has 0 unspecified atom stereocenters. The normalized spacial score (nSPS) is 17.8. The Morgan fingerprint density at radius 3 is 2.88 bits per heavy atom. The number of aromatic nitrogens is 3. The molecule has 5 rings (SSSR count). The van der Waals surface area contributed by atoms with Crippen molar-refractivity contribution in [3.05, 3.63) is 59.9 Å². The molecule has 8 nitrogen and oxygen atoms in total. The summed E-state index contributed by atoms with van der Waals surface area (Å²) < 4.78 is 12.8. The van der Waals surface area contributed by atoms with Gasteiger partial charge in [-0.3, -0.25) is 9.69 Å². The molecule has 1 amide bonds. The number of ether oxygens (including phenoxy) is 2. The minimum absolute atomic E-state index is 0.0356. The Morgan fingerprint density at radius 1 is 1.15 bits per heavy atom. The number of carbonyl (C=O) groups is 1. The number of piperidine rings is 1. The molecule has 33 heavy (non-hydrogen) atoms. The smallest absolute Gasteiger partial charge is 0.238 e. The Hall–Kier alpha value is -3.04. The summed E-state index contributed by atoms with van der Waals surface area (Å²) in [5.41, 5.74) is 1.98. The Balaban J connectivity index is 1.17. The van der Waals surface area contributed by atoms with E-state index in [0.29, 0.717) is 23.7 Å². The molecule has 1 atom stereocenters. The molecule has 172 valence electrons. The number of benzene rings is 2. The Kier molecular flexibility index (Phi) is 6.50. The molecule has 0 bridgehead atoms. The summed E-state index contributed by atoms with van der Waals surface area (Å²) >= 11 is 1.70.